The maximum absolute atomic E-state index is 6.15. The molecule has 9 nitrogen and oxygen atoms in total. The van der Waals surface area contributed by atoms with Crippen molar-refractivity contribution < 1.29 is 8.83 Å². The summed E-state index contributed by atoms with van der Waals surface area (Å²) < 4.78 is 11.5. The van der Waals surface area contributed by atoms with Crippen molar-refractivity contribution in [1.29, 1.82) is 0 Å². The lowest BCUT2D eigenvalue weighted by atomic mass is 10.2. The van der Waals surface area contributed by atoms with Crippen molar-refractivity contribution >= 4 is 39.7 Å². The smallest absolute Gasteiger partial charge is 0.217 e. The number of furan rings is 2. The standard InChI is InChI=1S/C27H21N7O2/c28-24-20(11-22(35-24)16-7-3-1-4-8-16)33-26-18-13-30-14-19(18)27(32-15-31-26)34-21-12-23(36-25(21)29)17-9-5-2-6-10-17/h1-15,30H,28-29H2,(H,31,32,33,34). The molecule has 0 saturated carbocycles. The van der Waals surface area contributed by atoms with Gasteiger partial charge in [-0.3, -0.25) is 0 Å². The van der Waals surface area contributed by atoms with Crippen molar-refractivity contribution in [3.05, 3.63) is 97.0 Å². The zero-order valence-electron chi connectivity index (χ0n) is 19.0. The molecule has 0 aliphatic heterocycles. The molecule has 6 rings (SSSR count). The van der Waals surface area contributed by atoms with Crippen molar-refractivity contribution in [2.45, 2.75) is 0 Å². The highest BCUT2D eigenvalue weighted by atomic mass is 16.4. The van der Waals surface area contributed by atoms with Crippen LogP contribution in [0, 0.1) is 0 Å². The lowest BCUT2D eigenvalue weighted by Gasteiger charge is -2.01. The van der Waals surface area contributed by atoms with Gasteiger partial charge in [0.25, 0.3) is 0 Å². The van der Waals surface area contributed by atoms with E-state index in [-0.39, 0.29) is 11.8 Å². The average molecular weight is 476 g/mol. The summed E-state index contributed by atoms with van der Waals surface area (Å²) in [6.45, 7) is 0. The molecule has 0 saturated heterocycles. The molecule has 6 N–H and O–H groups in total. The van der Waals surface area contributed by atoms with Gasteiger partial charge in [0.2, 0.25) is 11.8 Å². The number of hydrogen-bond donors (Lipinski definition) is 4. The first-order valence-corrected chi connectivity index (χ1v) is 11.2. The van der Waals surface area contributed by atoms with Crippen molar-refractivity contribution in [3.8, 4) is 22.6 Å². The highest BCUT2D eigenvalue weighted by molar-refractivity contribution is 5.93. The number of benzene rings is 2. The van der Waals surface area contributed by atoms with Gasteiger partial charge in [-0.15, -0.1) is 0 Å². The topological polar surface area (TPSA) is 144 Å². The summed E-state index contributed by atoms with van der Waals surface area (Å²) in [5, 5.41) is 4.77. The minimum absolute atomic E-state index is 0.205. The number of rotatable bonds is 5. The third-order valence-electron chi connectivity index (χ3n) is 5.71. The van der Waals surface area contributed by atoms with Crippen molar-refractivity contribution in [3.63, 3.8) is 0 Å². The summed E-state index contributed by atoms with van der Waals surface area (Å²) in [5.74, 6) is 2.28. The van der Waals surface area contributed by atoms with Crippen LogP contribution in [0.5, 0.6) is 0 Å². The van der Waals surface area contributed by atoms with E-state index in [0.29, 0.717) is 34.2 Å². The van der Waals surface area contributed by atoms with E-state index in [1.54, 1.807) is 12.3 Å². The molecule has 6 aromatic rings. The number of H-pyrrole nitrogens is 1. The maximum atomic E-state index is 6.15. The van der Waals surface area contributed by atoms with Crippen LogP contribution in [0.2, 0.25) is 0 Å². The molecule has 9 heteroatoms. The first-order chi connectivity index (χ1) is 17.7. The quantitative estimate of drug-likeness (QED) is 0.253. The summed E-state index contributed by atoms with van der Waals surface area (Å²) in [7, 11) is 0. The van der Waals surface area contributed by atoms with Gasteiger partial charge < -0.3 is 30.6 Å². The minimum atomic E-state index is 0.205. The van der Waals surface area contributed by atoms with Gasteiger partial charge in [0.1, 0.15) is 35.0 Å². The predicted octanol–water partition coefficient (Wildman–Crippen LogP) is 5.62. The van der Waals surface area contributed by atoms with Crippen LogP contribution in [0.15, 0.2) is 105 Å². The molecule has 4 heterocycles. The molecular formula is C27H21N7O2. The van der Waals surface area contributed by atoms with Crippen molar-refractivity contribution in [2.24, 2.45) is 4.99 Å². The first kappa shape index (κ1) is 21.2. The van der Waals surface area contributed by atoms with E-state index in [4.69, 9.17) is 20.3 Å². The molecule has 0 atom stereocenters. The van der Waals surface area contributed by atoms with E-state index in [9.17, 15) is 0 Å². The largest absolute Gasteiger partial charge is 0.439 e. The van der Waals surface area contributed by atoms with E-state index < -0.39 is 0 Å². The minimum Gasteiger partial charge on any atom is -0.439 e. The highest BCUT2D eigenvalue weighted by Gasteiger charge is 2.14. The van der Waals surface area contributed by atoms with Crippen molar-refractivity contribution in [2.75, 3.05) is 16.8 Å². The number of fused-ring (bicyclic) bond motifs is 1. The molecule has 4 aromatic heterocycles. The van der Waals surface area contributed by atoms with Crippen LogP contribution in [-0.4, -0.2) is 15.0 Å². The zero-order chi connectivity index (χ0) is 24.5. The molecule has 0 amide bonds. The van der Waals surface area contributed by atoms with Gasteiger partial charge in [-0.1, -0.05) is 60.7 Å². The van der Waals surface area contributed by atoms with Crippen LogP contribution in [0.25, 0.3) is 33.4 Å². The number of hydrogen-bond acceptors (Lipinski definition) is 8. The third-order valence-corrected chi connectivity index (χ3v) is 5.71. The Hall–Kier alpha value is -5.31. The number of nitrogens with zero attached hydrogens (tertiary/aromatic N) is 3. The normalized spacial score (nSPS) is 11.7. The molecular weight excluding hydrogens is 454 g/mol. The van der Waals surface area contributed by atoms with Crippen LogP contribution in [-0.2, 0) is 0 Å². The van der Waals surface area contributed by atoms with Gasteiger partial charge in [-0.05, 0) is 0 Å². The van der Waals surface area contributed by atoms with Gasteiger partial charge in [-0.25, -0.2) is 15.0 Å². The zero-order valence-corrected chi connectivity index (χ0v) is 19.0. The fourth-order valence-corrected chi connectivity index (χ4v) is 3.93. The van der Waals surface area contributed by atoms with E-state index in [2.05, 4.69) is 25.3 Å². The van der Waals surface area contributed by atoms with Gasteiger partial charge in [0.05, 0.1) is 0 Å². The van der Waals surface area contributed by atoms with Crippen LogP contribution in [0.3, 0.4) is 0 Å². The van der Waals surface area contributed by atoms with Gasteiger partial charge in [0.15, 0.2) is 5.49 Å². The summed E-state index contributed by atoms with van der Waals surface area (Å²) in [6.07, 6.45) is 5.05. The molecule has 0 spiro atoms. The molecule has 36 heavy (non-hydrogen) atoms. The Kier molecular flexibility index (Phi) is 5.19. The molecule has 176 valence electrons. The fraction of sp³-hybridized carbons (Fsp3) is 0. The number of anilines is 4. The average Bonchev–Trinajstić information content (AvgIpc) is 3.60. The number of nitrogen functional groups attached to an aromatic ring is 2. The van der Waals surface area contributed by atoms with Crippen molar-refractivity contribution in [1.82, 2.24) is 15.0 Å². The van der Waals surface area contributed by atoms with Crippen LogP contribution in [0.4, 0.5) is 29.0 Å². The summed E-state index contributed by atoms with van der Waals surface area (Å²) in [5.41, 5.74) is 15.6. The Morgan fingerprint density at radius 3 is 2.11 bits per heavy atom. The second-order valence-corrected chi connectivity index (χ2v) is 8.05. The Balaban J connectivity index is 1.39. The Morgan fingerprint density at radius 2 is 1.39 bits per heavy atom. The second kappa shape index (κ2) is 8.80. The summed E-state index contributed by atoms with van der Waals surface area (Å²) >= 11 is 0. The second-order valence-electron chi connectivity index (χ2n) is 8.05. The lowest BCUT2D eigenvalue weighted by Crippen LogP contribution is -2.03. The predicted molar refractivity (Wildman–Crippen MR) is 140 cm³/mol. The first-order valence-electron chi connectivity index (χ1n) is 11.2. The molecule has 0 fully saturated rings. The Labute approximate surface area is 205 Å². The fourth-order valence-electron chi connectivity index (χ4n) is 3.93. The number of nitrogens with two attached hydrogens (primary N) is 2. The van der Waals surface area contributed by atoms with Crippen LogP contribution in [0.1, 0.15) is 0 Å². The van der Waals surface area contributed by atoms with Crippen LogP contribution >= 0.6 is 0 Å². The molecule has 2 aromatic carbocycles. The monoisotopic (exact) mass is 475 g/mol. The SMILES string of the molecule is Nc1oc(-c2ccccc2)cc1N=c1ncnc(Nc2cc(-c3ccccc3)oc2N)c2c[nH]cc12. The van der Waals surface area contributed by atoms with Gasteiger partial charge >= 0.3 is 0 Å². The van der Waals surface area contributed by atoms with Crippen LogP contribution < -0.4 is 22.3 Å². The Bertz CT molecular complexity index is 1740. The molecule has 0 aliphatic carbocycles. The van der Waals surface area contributed by atoms with E-state index >= 15 is 0 Å². The number of aromatic nitrogens is 3. The number of nitrogens with one attached hydrogen (secondary N) is 2. The molecule has 0 unspecified atom stereocenters. The summed E-state index contributed by atoms with van der Waals surface area (Å²) in [4.78, 5) is 16.7. The summed E-state index contributed by atoms with van der Waals surface area (Å²) in [6, 6.07) is 23.1. The Morgan fingerprint density at radius 1 is 0.750 bits per heavy atom. The molecule has 0 bridgehead atoms. The van der Waals surface area contributed by atoms with E-state index in [0.717, 1.165) is 21.9 Å². The van der Waals surface area contributed by atoms with E-state index in [1.165, 1.54) is 6.33 Å². The highest BCUT2D eigenvalue weighted by Crippen LogP contribution is 2.34. The maximum Gasteiger partial charge on any atom is 0.217 e. The molecule has 0 aliphatic rings. The molecule has 0 radical (unpaired) electrons. The van der Waals surface area contributed by atoms with Gasteiger partial charge in [-0.2, -0.15) is 0 Å². The van der Waals surface area contributed by atoms with E-state index in [1.807, 2.05) is 72.9 Å². The lowest BCUT2D eigenvalue weighted by molar-refractivity contribution is 0.603. The third kappa shape index (κ3) is 3.94. The number of aromatic amines is 1. The van der Waals surface area contributed by atoms with Gasteiger partial charge in [0, 0.05) is 46.4 Å².